The van der Waals surface area contributed by atoms with Crippen LogP contribution in [0.25, 0.3) is 11.6 Å². The van der Waals surface area contributed by atoms with E-state index in [4.69, 9.17) is 4.42 Å². The number of aromatic nitrogens is 2. The molecule has 84 valence electrons. The fourth-order valence-corrected chi connectivity index (χ4v) is 1.66. The molecule has 2 aromatic rings. The number of furan rings is 1. The van der Waals surface area contributed by atoms with Crippen LogP contribution in [-0.4, -0.2) is 17.0 Å². The molecule has 2 aromatic heterocycles. The molecule has 4 nitrogen and oxygen atoms in total. The molecule has 1 N–H and O–H groups in total. The van der Waals surface area contributed by atoms with Gasteiger partial charge in [0.05, 0.1) is 0 Å². The summed E-state index contributed by atoms with van der Waals surface area (Å²) in [5.41, 5.74) is 0.988. The molecule has 5 heteroatoms. The number of nitrogens with one attached hydrogen (secondary N) is 1. The molecule has 0 aromatic carbocycles. The maximum atomic E-state index is 5.43. The van der Waals surface area contributed by atoms with Gasteiger partial charge in [-0.2, -0.15) is 0 Å². The van der Waals surface area contributed by atoms with Crippen LogP contribution in [0.1, 0.15) is 12.6 Å². The van der Waals surface area contributed by atoms with Crippen LogP contribution in [0.2, 0.25) is 0 Å². The Morgan fingerprint density at radius 2 is 2.19 bits per heavy atom. The molecule has 0 bridgehead atoms. The first-order chi connectivity index (χ1) is 7.72. The Morgan fingerprint density at radius 3 is 2.75 bits per heavy atom. The lowest BCUT2D eigenvalue weighted by Crippen LogP contribution is -1.99. The minimum absolute atomic E-state index is 0.606. The molecular formula is C11H12BrN3O. The normalized spacial score (nSPS) is 10.4. The van der Waals surface area contributed by atoms with Crippen molar-refractivity contribution in [3.8, 4) is 11.6 Å². The van der Waals surface area contributed by atoms with E-state index in [0.717, 1.165) is 17.9 Å². The van der Waals surface area contributed by atoms with Crippen molar-refractivity contribution in [2.75, 3.05) is 12.4 Å². The van der Waals surface area contributed by atoms with E-state index < -0.39 is 0 Å². The third-order valence-electron chi connectivity index (χ3n) is 2.19. The number of hydrogen-bond donors (Lipinski definition) is 1. The van der Waals surface area contributed by atoms with E-state index in [1.54, 1.807) is 0 Å². The van der Waals surface area contributed by atoms with E-state index in [-0.39, 0.29) is 0 Å². The lowest BCUT2D eigenvalue weighted by atomic mass is 10.3. The number of nitrogens with zero attached hydrogens (tertiary/aromatic N) is 2. The van der Waals surface area contributed by atoms with Gasteiger partial charge in [0.25, 0.3) is 0 Å². The van der Waals surface area contributed by atoms with E-state index in [1.165, 1.54) is 0 Å². The zero-order chi connectivity index (χ0) is 11.5. The molecule has 0 aliphatic carbocycles. The minimum Gasteiger partial charge on any atom is -0.446 e. The van der Waals surface area contributed by atoms with E-state index in [0.29, 0.717) is 16.3 Å². The first-order valence-corrected chi connectivity index (χ1v) is 5.83. The standard InChI is InChI=1S/C11H12BrN3O/c1-3-7-6-10(13-2)15-11(14-7)8-4-5-9(12)16-8/h4-6H,3H2,1-2H3,(H,13,14,15). The molecule has 0 fully saturated rings. The van der Waals surface area contributed by atoms with Gasteiger partial charge >= 0.3 is 0 Å². The third kappa shape index (κ3) is 2.24. The second kappa shape index (κ2) is 4.65. The predicted octanol–water partition coefficient (Wildman–Crippen LogP) is 3.10. The van der Waals surface area contributed by atoms with Gasteiger partial charge in [0.2, 0.25) is 0 Å². The Balaban J connectivity index is 2.47. The Hall–Kier alpha value is -1.36. The average molecular weight is 282 g/mol. The number of rotatable bonds is 3. The molecule has 0 aliphatic rings. The maximum Gasteiger partial charge on any atom is 0.197 e. The van der Waals surface area contributed by atoms with Gasteiger partial charge in [0.1, 0.15) is 5.82 Å². The number of hydrogen-bond acceptors (Lipinski definition) is 4. The predicted molar refractivity (Wildman–Crippen MR) is 66.4 cm³/mol. The van der Waals surface area contributed by atoms with Crippen molar-refractivity contribution >= 4 is 21.7 Å². The van der Waals surface area contributed by atoms with Crippen molar-refractivity contribution < 1.29 is 4.42 Å². The molecule has 0 atom stereocenters. The van der Waals surface area contributed by atoms with E-state index in [2.05, 4.69) is 38.1 Å². The molecule has 2 heterocycles. The average Bonchev–Trinajstić information content (AvgIpc) is 2.75. The second-order valence-electron chi connectivity index (χ2n) is 3.28. The van der Waals surface area contributed by atoms with Crippen molar-refractivity contribution in [1.29, 1.82) is 0 Å². The molecule has 0 spiro atoms. The highest BCUT2D eigenvalue weighted by Gasteiger charge is 2.09. The third-order valence-corrected chi connectivity index (χ3v) is 2.62. The van der Waals surface area contributed by atoms with E-state index >= 15 is 0 Å². The van der Waals surface area contributed by atoms with Gasteiger partial charge in [-0.15, -0.1) is 0 Å². The summed E-state index contributed by atoms with van der Waals surface area (Å²) in [5.74, 6) is 2.07. The highest BCUT2D eigenvalue weighted by atomic mass is 79.9. The van der Waals surface area contributed by atoms with Gasteiger partial charge in [-0.3, -0.25) is 0 Å². The highest BCUT2D eigenvalue weighted by Crippen LogP contribution is 2.23. The summed E-state index contributed by atoms with van der Waals surface area (Å²) in [6.07, 6.45) is 0.867. The Bertz CT molecular complexity index is 473. The van der Waals surface area contributed by atoms with Gasteiger partial charge in [-0.1, -0.05) is 6.92 Å². The fraction of sp³-hybridized carbons (Fsp3) is 0.273. The summed E-state index contributed by atoms with van der Waals surface area (Å²) in [6, 6.07) is 5.61. The quantitative estimate of drug-likeness (QED) is 0.939. The van der Waals surface area contributed by atoms with Gasteiger partial charge in [0, 0.05) is 18.8 Å². The summed E-state index contributed by atoms with van der Waals surface area (Å²) >= 11 is 3.26. The van der Waals surface area contributed by atoms with Crippen molar-refractivity contribution in [1.82, 2.24) is 9.97 Å². The zero-order valence-corrected chi connectivity index (χ0v) is 10.7. The van der Waals surface area contributed by atoms with Crippen LogP contribution < -0.4 is 5.32 Å². The van der Waals surface area contributed by atoms with E-state index in [1.807, 2.05) is 25.2 Å². The van der Waals surface area contributed by atoms with E-state index in [9.17, 15) is 0 Å². The summed E-state index contributed by atoms with van der Waals surface area (Å²) < 4.78 is 6.11. The van der Waals surface area contributed by atoms with Crippen LogP contribution in [-0.2, 0) is 6.42 Å². The molecule has 16 heavy (non-hydrogen) atoms. The smallest absolute Gasteiger partial charge is 0.197 e. The van der Waals surface area contributed by atoms with Gasteiger partial charge in [-0.25, -0.2) is 9.97 Å². The Kier molecular flexibility index (Phi) is 3.24. The Labute approximate surface area is 102 Å². The van der Waals surface area contributed by atoms with Gasteiger partial charge < -0.3 is 9.73 Å². The molecule has 0 saturated carbocycles. The lowest BCUT2D eigenvalue weighted by Gasteiger charge is -2.04. The van der Waals surface area contributed by atoms with Crippen LogP contribution in [0, 0.1) is 0 Å². The van der Waals surface area contributed by atoms with Crippen molar-refractivity contribution in [2.45, 2.75) is 13.3 Å². The molecule has 0 aliphatic heterocycles. The van der Waals surface area contributed by atoms with Crippen LogP contribution in [0.4, 0.5) is 5.82 Å². The molecule has 0 unspecified atom stereocenters. The zero-order valence-electron chi connectivity index (χ0n) is 9.12. The summed E-state index contributed by atoms with van der Waals surface area (Å²) in [4.78, 5) is 8.76. The highest BCUT2D eigenvalue weighted by molar-refractivity contribution is 9.10. The maximum absolute atomic E-state index is 5.43. The second-order valence-corrected chi connectivity index (χ2v) is 4.06. The van der Waals surface area contributed by atoms with Crippen LogP contribution in [0.3, 0.4) is 0 Å². The van der Waals surface area contributed by atoms with Gasteiger partial charge in [0.15, 0.2) is 16.3 Å². The topological polar surface area (TPSA) is 51.0 Å². The molecule has 2 rings (SSSR count). The number of halogens is 1. The summed E-state index contributed by atoms with van der Waals surface area (Å²) in [7, 11) is 1.84. The van der Waals surface area contributed by atoms with Crippen molar-refractivity contribution in [3.05, 3.63) is 28.6 Å². The summed E-state index contributed by atoms with van der Waals surface area (Å²) in [6.45, 7) is 2.06. The first kappa shape index (κ1) is 11.1. The molecular weight excluding hydrogens is 270 g/mol. The Morgan fingerprint density at radius 1 is 1.38 bits per heavy atom. The van der Waals surface area contributed by atoms with Crippen molar-refractivity contribution in [2.24, 2.45) is 0 Å². The van der Waals surface area contributed by atoms with Crippen molar-refractivity contribution in [3.63, 3.8) is 0 Å². The monoisotopic (exact) mass is 281 g/mol. The number of anilines is 1. The van der Waals surface area contributed by atoms with Crippen LogP contribution in [0.15, 0.2) is 27.3 Å². The van der Waals surface area contributed by atoms with Gasteiger partial charge in [-0.05, 0) is 34.5 Å². The molecule has 0 radical (unpaired) electrons. The number of aryl methyl sites for hydroxylation is 1. The first-order valence-electron chi connectivity index (χ1n) is 5.04. The lowest BCUT2D eigenvalue weighted by molar-refractivity contribution is 0.551. The van der Waals surface area contributed by atoms with Crippen LogP contribution in [0.5, 0.6) is 0 Å². The summed E-state index contributed by atoms with van der Waals surface area (Å²) in [5, 5.41) is 3.01. The minimum atomic E-state index is 0.606. The van der Waals surface area contributed by atoms with Crippen LogP contribution >= 0.6 is 15.9 Å². The molecule has 0 saturated heterocycles. The largest absolute Gasteiger partial charge is 0.446 e. The SMILES string of the molecule is CCc1cc(NC)nc(-c2ccc(Br)o2)n1. The fourth-order valence-electron chi connectivity index (χ4n) is 1.35. The molecule has 0 amide bonds.